The van der Waals surface area contributed by atoms with Crippen LogP contribution in [0.25, 0.3) is 0 Å². The minimum Gasteiger partial charge on any atom is -0.238 e. The summed E-state index contributed by atoms with van der Waals surface area (Å²) in [5.41, 5.74) is 2.35. The van der Waals surface area contributed by atoms with Crippen LogP contribution in [0.15, 0.2) is 6.07 Å². The van der Waals surface area contributed by atoms with Crippen molar-refractivity contribution in [2.24, 2.45) is 0 Å². The maximum atomic E-state index is 4.59. The van der Waals surface area contributed by atoms with Gasteiger partial charge in [0.15, 0.2) is 0 Å². The van der Waals surface area contributed by atoms with Crippen LogP contribution in [-0.4, -0.2) is 15.7 Å². The Morgan fingerprint density at radius 2 is 2.21 bits per heavy atom. The van der Waals surface area contributed by atoms with Gasteiger partial charge < -0.3 is 0 Å². The third-order valence-electron chi connectivity index (χ3n) is 2.78. The first kappa shape index (κ1) is 9.97. The second kappa shape index (κ2) is 4.30. The van der Waals surface area contributed by atoms with Gasteiger partial charge in [0.05, 0.1) is 0 Å². The van der Waals surface area contributed by atoms with Gasteiger partial charge in [-0.3, -0.25) is 0 Å². The maximum Gasteiger partial charge on any atom is 0.129 e. The summed E-state index contributed by atoms with van der Waals surface area (Å²) < 4.78 is 0. The molecule has 3 heteroatoms. The topological polar surface area (TPSA) is 25.8 Å². The zero-order valence-corrected chi connectivity index (χ0v) is 9.43. The average molecular weight is 208 g/mol. The highest BCUT2D eigenvalue weighted by molar-refractivity contribution is 7.80. The van der Waals surface area contributed by atoms with E-state index in [0.717, 1.165) is 23.7 Å². The molecule has 1 aliphatic carbocycles. The van der Waals surface area contributed by atoms with Gasteiger partial charge in [0, 0.05) is 23.7 Å². The first-order valence-electron chi connectivity index (χ1n) is 5.25. The lowest BCUT2D eigenvalue weighted by Gasteiger charge is -2.25. The molecule has 1 fully saturated rings. The second-order valence-corrected chi connectivity index (χ2v) is 4.40. The Balaban J connectivity index is 2.21. The summed E-state index contributed by atoms with van der Waals surface area (Å²) in [6.45, 7) is 2.05. The van der Waals surface area contributed by atoms with Crippen molar-refractivity contribution in [1.29, 1.82) is 0 Å². The van der Waals surface area contributed by atoms with E-state index < -0.39 is 0 Å². The largest absolute Gasteiger partial charge is 0.238 e. The summed E-state index contributed by atoms with van der Waals surface area (Å²) in [6.07, 6.45) is 4.84. The molecular weight excluding hydrogens is 192 g/mol. The van der Waals surface area contributed by atoms with Gasteiger partial charge in [-0.1, -0.05) is 6.42 Å². The number of thiol groups is 1. The SMILES string of the molecule is Cc1cc(C2CCC2)nc(CCS)n1. The summed E-state index contributed by atoms with van der Waals surface area (Å²) in [5.74, 6) is 2.49. The van der Waals surface area contributed by atoms with E-state index in [-0.39, 0.29) is 0 Å². The number of aryl methyl sites for hydroxylation is 2. The van der Waals surface area contributed by atoms with Crippen molar-refractivity contribution in [2.75, 3.05) is 5.75 Å². The normalized spacial score (nSPS) is 16.7. The summed E-state index contributed by atoms with van der Waals surface area (Å²) in [7, 11) is 0. The predicted molar refractivity (Wildman–Crippen MR) is 60.9 cm³/mol. The van der Waals surface area contributed by atoms with Gasteiger partial charge in [-0.15, -0.1) is 0 Å². The zero-order valence-electron chi connectivity index (χ0n) is 8.53. The summed E-state index contributed by atoms with van der Waals surface area (Å²) >= 11 is 4.21. The van der Waals surface area contributed by atoms with E-state index in [2.05, 4.69) is 28.7 Å². The molecule has 0 amide bonds. The fourth-order valence-corrected chi connectivity index (χ4v) is 1.98. The molecule has 0 atom stereocenters. The molecule has 1 saturated carbocycles. The van der Waals surface area contributed by atoms with Crippen LogP contribution in [0.4, 0.5) is 0 Å². The fraction of sp³-hybridized carbons (Fsp3) is 0.636. The van der Waals surface area contributed by atoms with Crippen LogP contribution in [0.1, 0.15) is 42.4 Å². The molecule has 0 N–H and O–H groups in total. The average Bonchev–Trinajstić information content (AvgIpc) is 1.99. The van der Waals surface area contributed by atoms with Crippen molar-refractivity contribution in [1.82, 2.24) is 9.97 Å². The Hall–Kier alpha value is -0.570. The van der Waals surface area contributed by atoms with Gasteiger partial charge in [0.25, 0.3) is 0 Å². The first-order valence-corrected chi connectivity index (χ1v) is 5.88. The highest BCUT2D eigenvalue weighted by Gasteiger charge is 2.21. The van der Waals surface area contributed by atoms with E-state index in [4.69, 9.17) is 0 Å². The van der Waals surface area contributed by atoms with Crippen LogP contribution < -0.4 is 0 Å². The van der Waals surface area contributed by atoms with Gasteiger partial charge in [-0.05, 0) is 31.6 Å². The van der Waals surface area contributed by atoms with Crippen molar-refractivity contribution in [3.8, 4) is 0 Å². The molecule has 2 nitrogen and oxygen atoms in total. The molecular formula is C11H16N2S. The van der Waals surface area contributed by atoms with Crippen molar-refractivity contribution in [3.05, 3.63) is 23.3 Å². The number of nitrogens with zero attached hydrogens (tertiary/aromatic N) is 2. The molecule has 0 spiro atoms. The molecule has 0 aromatic carbocycles. The Labute approximate surface area is 90.6 Å². The number of rotatable bonds is 3. The van der Waals surface area contributed by atoms with Crippen LogP contribution in [0.3, 0.4) is 0 Å². The molecule has 76 valence electrons. The lowest BCUT2D eigenvalue weighted by molar-refractivity contribution is 0.409. The first-order chi connectivity index (χ1) is 6.79. The van der Waals surface area contributed by atoms with Crippen LogP contribution >= 0.6 is 12.6 Å². The zero-order chi connectivity index (χ0) is 9.97. The Kier molecular flexibility index (Phi) is 3.06. The van der Waals surface area contributed by atoms with Crippen molar-refractivity contribution < 1.29 is 0 Å². The third-order valence-corrected chi connectivity index (χ3v) is 3.00. The molecule has 14 heavy (non-hydrogen) atoms. The molecule has 0 aliphatic heterocycles. The second-order valence-electron chi connectivity index (χ2n) is 3.95. The van der Waals surface area contributed by atoms with E-state index in [1.165, 1.54) is 25.0 Å². The van der Waals surface area contributed by atoms with E-state index in [9.17, 15) is 0 Å². The molecule has 1 aromatic rings. The van der Waals surface area contributed by atoms with Crippen LogP contribution in [0.2, 0.25) is 0 Å². The minimum atomic E-state index is 0.704. The summed E-state index contributed by atoms with van der Waals surface area (Å²) in [6, 6.07) is 2.13. The molecule has 0 saturated heterocycles. The molecule has 1 heterocycles. The molecule has 0 unspecified atom stereocenters. The van der Waals surface area contributed by atoms with Crippen LogP contribution in [-0.2, 0) is 6.42 Å². The van der Waals surface area contributed by atoms with Crippen molar-refractivity contribution >= 4 is 12.6 Å². The van der Waals surface area contributed by atoms with Gasteiger partial charge in [-0.25, -0.2) is 9.97 Å². The lowest BCUT2D eigenvalue weighted by atomic mass is 9.82. The maximum absolute atomic E-state index is 4.59. The molecule has 1 aromatic heterocycles. The number of aromatic nitrogens is 2. The van der Waals surface area contributed by atoms with Crippen LogP contribution in [0.5, 0.6) is 0 Å². The summed E-state index contributed by atoms with van der Waals surface area (Å²) in [5, 5.41) is 0. The molecule has 0 bridgehead atoms. The lowest BCUT2D eigenvalue weighted by Crippen LogP contribution is -2.13. The van der Waals surface area contributed by atoms with Gasteiger partial charge >= 0.3 is 0 Å². The predicted octanol–water partition coefficient (Wildman–Crippen LogP) is 2.52. The van der Waals surface area contributed by atoms with Gasteiger partial charge in [-0.2, -0.15) is 12.6 Å². The van der Waals surface area contributed by atoms with Crippen LogP contribution in [0, 0.1) is 6.92 Å². The quantitative estimate of drug-likeness (QED) is 0.772. The number of hydrogen-bond donors (Lipinski definition) is 1. The van der Waals surface area contributed by atoms with Crippen molar-refractivity contribution in [3.63, 3.8) is 0 Å². The van der Waals surface area contributed by atoms with E-state index in [1.54, 1.807) is 0 Å². The monoisotopic (exact) mass is 208 g/mol. The van der Waals surface area contributed by atoms with Crippen molar-refractivity contribution in [2.45, 2.75) is 38.5 Å². The van der Waals surface area contributed by atoms with E-state index in [0.29, 0.717) is 5.92 Å². The molecule has 2 rings (SSSR count). The molecule has 1 aliphatic rings. The highest BCUT2D eigenvalue weighted by atomic mass is 32.1. The highest BCUT2D eigenvalue weighted by Crippen LogP contribution is 2.35. The third kappa shape index (κ3) is 2.08. The van der Waals surface area contributed by atoms with E-state index in [1.807, 2.05) is 6.92 Å². The Morgan fingerprint density at radius 3 is 2.79 bits per heavy atom. The smallest absolute Gasteiger partial charge is 0.129 e. The minimum absolute atomic E-state index is 0.704. The summed E-state index contributed by atoms with van der Waals surface area (Å²) in [4.78, 5) is 8.99. The number of hydrogen-bond acceptors (Lipinski definition) is 3. The van der Waals surface area contributed by atoms with Gasteiger partial charge in [0.1, 0.15) is 5.82 Å². The fourth-order valence-electron chi connectivity index (χ4n) is 1.78. The Morgan fingerprint density at radius 1 is 1.43 bits per heavy atom. The Bertz CT molecular complexity index is 321. The standard InChI is InChI=1S/C11H16N2S/c1-8-7-10(9-3-2-4-9)13-11(12-8)5-6-14/h7,9,14H,2-6H2,1H3. The molecule has 0 radical (unpaired) electrons. The van der Waals surface area contributed by atoms with Gasteiger partial charge in [0.2, 0.25) is 0 Å². The van der Waals surface area contributed by atoms with E-state index >= 15 is 0 Å².